The van der Waals surface area contributed by atoms with Gasteiger partial charge in [-0.2, -0.15) is 0 Å². The van der Waals surface area contributed by atoms with Crippen LogP contribution in [-0.2, 0) is 6.54 Å². The molecule has 0 saturated heterocycles. The van der Waals surface area contributed by atoms with Crippen molar-refractivity contribution in [2.75, 3.05) is 35.2 Å². The maximum absolute atomic E-state index is 9.74. The van der Waals surface area contributed by atoms with Gasteiger partial charge in [0.2, 0.25) is 0 Å². The lowest BCUT2D eigenvalue weighted by Crippen LogP contribution is -2.56. The van der Waals surface area contributed by atoms with Crippen LogP contribution in [0.4, 0.5) is 0 Å². The van der Waals surface area contributed by atoms with E-state index in [4.69, 9.17) is 0 Å². The topological polar surface area (TPSA) is 30.0 Å². The zero-order chi connectivity index (χ0) is 13.9. The zero-order valence-corrected chi connectivity index (χ0v) is 13.5. The fourth-order valence-electron chi connectivity index (χ4n) is 2.44. The van der Waals surface area contributed by atoms with Crippen molar-refractivity contribution >= 4 is 9.28 Å². The van der Waals surface area contributed by atoms with Crippen LogP contribution in [0, 0.1) is 6.92 Å². The van der Waals surface area contributed by atoms with E-state index in [9.17, 15) is 5.11 Å². The van der Waals surface area contributed by atoms with E-state index in [0.717, 1.165) is 12.1 Å². The fourth-order valence-corrected chi connectivity index (χ4v) is 5.30. The van der Waals surface area contributed by atoms with E-state index >= 15 is 0 Å². The lowest BCUT2D eigenvalue weighted by Gasteiger charge is -2.36. The molecule has 0 aromatic heterocycles. The molecule has 0 aliphatic heterocycles. The molecule has 102 valence electrons. The number of hydrogen-bond acceptors (Lipinski definition) is 4. The van der Waals surface area contributed by atoms with Gasteiger partial charge < -0.3 is 18.8 Å². The Hall–Kier alpha value is -0.883. The van der Waals surface area contributed by atoms with E-state index in [-0.39, 0.29) is 0 Å². The van der Waals surface area contributed by atoms with Crippen molar-refractivity contribution in [3.05, 3.63) is 29.3 Å². The number of phenolic OH excluding ortho intramolecular Hbond substituents is 1. The molecule has 0 amide bonds. The van der Waals surface area contributed by atoms with E-state index in [1.807, 2.05) is 13.0 Å². The van der Waals surface area contributed by atoms with Crippen molar-refractivity contribution in [3.63, 3.8) is 0 Å². The third kappa shape index (κ3) is 3.55. The standard InChI is InChI=1S/C13H25N3OSi/c1-11-12(8-7-9-13(11)17)10-16(6)18(14(2)3)15(4)5/h7-9,17-18H,10H2,1-6H3. The van der Waals surface area contributed by atoms with Crippen molar-refractivity contribution in [1.29, 1.82) is 0 Å². The summed E-state index contributed by atoms with van der Waals surface area (Å²) in [4.78, 5) is 0. The van der Waals surface area contributed by atoms with Crippen molar-refractivity contribution in [2.45, 2.75) is 13.5 Å². The number of rotatable bonds is 5. The highest BCUT2D eigenvalue weighted by atomic mass is 28.3. The molecule has 0 fully saturated rings. The second-order valence-corrected chi connectivity index (χ2v) is 8.89. The van der Waals surface area contributed by atoms with E-state index in [1.54, 1.807) is 6.07 Å². The Morgan fingerprint density at radius 1 is 1.06 bits per heavy atom. The smallest absolute Gasteiger partial charge is 0.271 e. The fraction of sp³-hybridized carbons (Fsp3) is 0.538. The summed E-state index contributed by atoms with van der Waals surface area (Å²) in [6, 6.07) is 5.74. The molecule has 1 aromatic carbocycles. The first kappa shape index (κ1) is 15.2. The lowest BCUT2D eigenvalue weighted by molar-refractivity contribution is 0.376. The molecular formula is C13H25N3OSi. The summed E-state index contributed by atoms with van der Waals surface area (Å²) in [5.74, 6) is 0.383. The van der Waals surface area contributed by atoms with Crippen LogP contribution in [0.5, 0.6) is 5.75 Å². The van der Waals surface area contributed by atoms with Crippen LogP contribution in [0.3, 0.4) is 0 Å². The maximum Gasteiger partial charge on any atom is 0.271 e. The molecule has 0 saturated carbocycles. The average molecular weight is 267 g/mol. The van der Waals surface area contributed by atoms with Crippen LogP contribution in [0.2, 0.25) is 0 Å². The van der Waals surface area contributed by atoms with Crippen molar-refractivity contribution < 1.29 is 5.11 Å². The monoisotopic (exact) mass is 267 g/mol. The molecular weight excluding hydrogens is 242 g/mol. The van der Waals surface area contributed by atoms with E-state index in [1.165, 1.54) is 5.56 Å². The first-order chi connectivity index (χ1) is 8.34. The van der Waals surface area contributed by atoms with Crippen LogP contribution < -0.4 is 0 Å². The van der Waals surface area contributed by atoms with Crippen LogP contribution in [0.15, 0.2) is 18.2 Å². The molecule has 4 nitrogen and oxygen atoms in total. The normalized spacial score (nSPS) is 12.1. The maximum atomic E-state index is 9.74. The molecule has 0 aliphatic rings. The van der Waals surface area contributed by atoms with Gasteiger partial charge in [-0.25, -0.2) is 0 Å². The highest BCUT2D eigenvalue weighted by Crippen LogP contribution is 2.21. The number of phenols is 1. The molecule has 0 spiro atoms. The lowest BCUT2D eigenvalue weighted by atomic mass is 10.1. The Kier molecular flexibility index (Phi) is 5.34. The average Bonchev–Trinajstić information content (AvgIpc) is 2.23. The van der Waals surface area contributed by atoms with Crippen molar-refractivity contribution in [3.8, 4) is 5.75 Å². The molecule has 0 bridgehead atoms. The zero-order valence-electron chi connectivity index (χ0n) is 12.3. The Labute approximate surface area is 112 Å². The SMILES string of the molecule is Cc1c(O)cccc1CN(C)[SiH](N(C)C)N(C)C. The van der Waals surface area contributed by atoms with Crippen molar-refractivity contribution in [2.24, 2.45) is 0 Å². The van der Waals surface area contributed by atoms with Crippen LogP contribution >= 0.6 is 0 Å². The van der Waals surface area contributed by atoms with Gasteiger partial charge in [0, 0.05) is 6.54 Å². The summed E-state index contributed by atoms with van der Waals surface area (Å²) in [5, 5.41) is 9.74. The Balaban J connectivity index is 2.86. The highest BCUT2D eigenvalue weighted by molar-refractivity contribution is 6.49. The van der Waals surface area contributed by atoms with Crippen LogP contribution in [0.25, 0.3) is 0 Å². The largest absolute Gasteiger partial charge is 0.508 e. The second kappa shape index (κ2) is 6.33. The van der Waals surface area contributed by atoms with Gasteiger partial charge in [0.15, 0.2) is 0 Å². The van der Waals surface area contributed by atoms with Gasteiger partial charge in [-0.05, 0) is 59.4 Å². The molecule has 0 atom stereocenters. The van der Waals surface area contributed by atoms with Gasteiger partial charge >= 0.3 is 0 Å². The van der Waals surface area contributed by atoms with Gasteiger partial charge in [-0.1, -0.05) is 12.1 Å². The predicted octanol–water partition coefficient (Wildman–Crippen LogP) is 0.973. The second-order valence-electron chi connectivity index (χ2n) is 5.25. The molecule has 18 heavy (non-hydrogen) atoms. The highest BCUT2D eigenvalue weighted by Gasteiger charge is 2.23. The van der Waals surface area contributed by atoms with Crippen molar-refractivity contribution in [1.82, 2.24) is 13.7 Å². The minimum absolute atomic E-state index is 0.383. The number of nitrogens with zero attached hydrogens (tertiary/aromatic N) is 3. The minimum Gasteiger partial charge on any atom is -0.508 e. The third-order valence-corrected chi connectivity index (χ3v) is 5.97. The Bertz CT molecular complexity index is 388. The molecule has 0 heterocycles. The van der Waals surface area contributed by atoms with Gasteiger partial charge in [0.25, 0.3) is 9.28 Å². The Morgan fingerprint density at radius 2 is 1.61 bits per heavy atom. The first-order valence-electron chi connectivity index (χ1n) is 6.15. The van der Waals surface area contributed by atoms with E-state index < -0.39 is 9.28 Å². The Morgan fingerprint density at radius 3 is 2.11 bits per heavy atom. The van der Waals surface area contributed by atoms with Gasteiger partial charge in [0.05, 0.1) is 0 Å². The molecule has 0 unspecified atom stereocenters. The van der Waals surface area contributed by atoms with E-state index in [0.29, 0.717) is 5.75 Å². The van der Waals surface area contributed by atoms with Crippen LogP contribution in [0.1, 0.15) is 11.1 Å². The summed E-state index contributed by atoms with van der Waals surface area (Å²) in [6.45, 7) is 2.84. The molecule has 5 heteroatoms. The minimum atomic E-state index is -1.26. The predicted molar refractivity (Wildman–Crippen MR) is 78.8 cm³/mol. The number of aromatic hydroxyl groups is 1. The molecule has 0 radical (unpaired) electrons. The summed E-state index contributed by atoms with van der Waals surface area (Å²) in [7, 11) is 9.40. The number of benzene rings is 1. The van der Waals surface area contributed by atoms with E-state index in [2.05, 4.69) is 55.0 Å². The summed E-state index contributed by atoms with van der Waals surface area (Å²) in [6.07, 6.45) is 0. The molecule has 0 aliphatic carbocycles. The van der Waals surface area contributed by atoms with Gasteiger partial charge in [-0.15, -0.1) is 0 Å². The first-order valence-corrected chi connectivity index (χ1v) is 7.70. The summed E-state index contributed by atoms with van der Waals surface area (Å²) >= 11 is 0. The molecule has 1 N–H and O–H groups in total. The van der Waals surface area contributed by atoms with Gasteiger partial charge in [0.1, 0.15) is 5.75 Å². The summed E-state index contributed by atoms with van der Waals surface area (Å²) in [5.41, 5.74) is 2.17. The third-order valence-electron chi connectivity index (χ3n) is 3.16. The molecule has 1 rings (SSSR count). The van der Waals surface area contributed by atoms with Gasteiger partial charge in [-0.3, -0.25) is 0 Å². The van der Waals surface area contributed by atoms with Crippen LogP contribution in [-0.4, -0.2) is 63.3 Å². The molecule has 1 aromatic rings. The number of hydrogen-bond donors (Lipinski definition) is 1. The summed E-state index contributed by atoms with van der Waals surface area (Å²) < 4.78 is 7.00. The quantitative estimate of drug-likeness (QED) is 0.805.